The zero-order valence-electron chi connectivity index (χ0n) is 9.99. The Hall–Kier alpha value is -0.940. The van der Waals surface area contributed by atoms with Gasteiger partial charge in [-0.05, 0) is 56.3 Å². The Morgan fingerprint density at radius 1 is 1.28 bits per heavy atom. The summed E-state index contributed by atoms with van der Waals surface area (Å²) in [5.74, 6) is 0. The molecule has 0 bridgehead atoms. The van der Waals surface area contributed by atoms with Crippen LogP contribution in [0, 0.1) is 4.77 Å². The number of aromatic amines is 1. The number of nitrogens with zero attached hydrogens (tertiary/aromatic N) is 1. The van der Waals surface area contributed by atoms with Crippen LogP contribution in [-0.4, -0.2) is 9.55 Å². The van der Waals surface area contributed by atoms with Crippen LogP contribution in [0.1, 0.15) is 42.2 Å². The number of nitrogens with one attached hydrogen (secondary N) is 1. The van der Waals surface area contributed by atoms with Gasteiger partial charge in [-0.2, -0.15) is 0 Å². The van der Waals surface area contributed by atoms with Crippen molar-refractivity contribution in [3.63, 3.8) is 0 Å². The number of hydrogen-bond acceptors (Lipinski definition) is 3. The Kier molecular flexibility index (Phi) is 2.29. The van der Waals surface area contributed by atoms with E-state index in [1.165, 1.54) is 23.3 Å². The Morgan fingerprint density at radius 3 is 2.83 bits per heavy atom. The van der Waals surface area contributed by atoms with Crippen molar-refractivity contribution in [2.24, 2.45) is 0 Å². The Labute approximate surface area is 113 Å². The zero-order chi connectivity index (χ0) is 12.3. The third-order valence-electron chi connectivity index (χ3n) is 4.23. The van der Waals surface area contributed by atoms with Gasteiger partial charge in [0, 0.05) is 10.9 Å². The van der Waals surface area contributed by atoms with Crippen LogP contribution in [-0.2, 0) is 12.8 Å². The van der Waals surface area contributed by atoms with Gasteiger partial charge in [-0.3, -0.25) is 9.36 Å². The maximum Gasteiger partial charge on any atom is 0.263 e. The van der Waals surface area contributed by atoms with Crippen molar-refractivity contribution in [3.05, 3.63) is 25.6 Å². The molecule has 2 aromatic rings. The van der Waals surface area contributed by atoms with Gasteiger partial charge in [0.15, 0.2) is 4.77 Å². The molecule has 2 aliphatic rings. The van der Waals surface area contributed by atoms with Crippen molar-refractivity contribution in [2.45, 2.75) is 44.6 Å². The van der Waals surface area contributed by atoms with E-state index in [1.54, 1.807) is 11.3 Å². The van der Waals surface area contributed by atoms with Crippen molar-refractivity contribution in [1.29, 1.82) is 0 Å². The van der Waals surface area contributed by atoms with E-state index in [4.69, 9.17) is 12.2 Å². The standard InChI is InChI=1S/C13H14N2OS2/c16-12-10-8-5-2-6-9(8)18-11(10)14-13(17)15(12)7-3-1-4-7/h7H,1-6H2,(H,14,17). The van der Waals surface area contributed by atoms with E-state index in [2.05, 4.69) is 4.98 Å². The molecule has 1 fully saturated rings. The summed E-state index contributed by atoms with van der Waals surface area (Å²) in [6, 6.07) is 0.336. The molecule has 4 rings (SSSR count). The number of aromatic nitrogens is 2. The highest BCUT2D eigenvalue weighted by Gasteiger charge is 2.26. The molecule has 0 spiro atoms. The fourth-order valence-corrected chi connectivity index (χ4v) is 4.74. The molecule has 2 aromatic heterocycles. The van der Waals surface area contributed by atoms with Gasteiger partial charge in [-0.1, -0.05) is 0 Å². The predicted molar refractivity (Wildman–Crippen MR) is 76.2 cm³/mol. The average Bonchev–Trinajstić information content (AvgIpc) is 2.80. The van der Waals surface area contributed by atoms with Gasteiger partial charge in [0.25, 0.3) is 5.56 Å². The molecular formula is C13H14N2OS2. The molecule has 1 N–H and O–H groups in total. The van der Waals surface area contributed by atoms with Crippen LogP contribution in [0.4, 0.5) is 0 Å². The minimum absolute atomic E-state index is 0.151. The molecule has 0 aliphatic heterocycles. The molecule has 0 atom stereocenters. The first kappa shape index (κ1) is 10.9. The lowest BCUT2D eigenvalue weighted by Gasteiger charge is -2.27. The molecule has 0 saturated heterocycles. The molecule has 0 unspecified atom stereocenters. The molecule has 0 radical (unpaired) electrons. The third-order valence-corrected chi connectivity index (χ3v) is 5.74. The monoisotopic (exact) mass is 278 g/mol. The molecule has 18 heavy (non-hydrogen) atoms. The van der Waals surface area contributed by atoms with Crippen molar-refractivity contribution >= 4 is 33.8 Å². The first-order valence-corrected chi connectivity index (χ1v) is 7.77. The number of thiophene rings is 1. The molecule has 2 aliphatic carbocycles. The Balaban J connectivity index is 2.08. The first-order valence-electron chi connectivity index (χ1n) is 6.55. The summed E-state index contributed by atoms with van der Waals surface area (Å²) in [5.41, 5.74) is 1.44. The van der Waals surface area contributed by atoms with E-state index in [1.807, 2.05) is 4.57 Å². The predicted octanol–water partition coefficient (Wildman–Crippen LogP) is 3.33. The number of fused-ring (bicyclic) bond motifs is 3. The summed E-state index contributed by atoms with van der Waals surface area (Å²) >= 11 is 7.09. The quantitative estimate of drug-likeness (QED) is 0.812. The van der Waals surface area contributed by atoms with Gasteiger partial charge in [-0.15, -0.1) is 11.3 Å². The van der Waals surface area contributed by atoms with Gasteiger partial charge in [0.2, 0.25) is 0 Å². The normalized spacial score (nSPS) is 19.1. The lowest BCUT2D eigenvalue weighted by atomic mass is 9.93. The van der Waals surface area contributed by atoms with Crippen LogP contribution in [0.3, 0.4) is 0 Å². The van der Waals surface area contributed by atoms with Crippen LogP contribution in [0.15, 0.2) is 4.79 Å². The fourth-order valence-electron chi connectivity index (χ4n) is 3.07. The second-order valence-corrected chi connectivity index (χ2v) is 6.74. The maximum absolute atomic E-state index is 12.7. The first-order chi connectivity index (χ1) is 8.75. The largest absolute Gasteiger partial charge is 0.323 e. The lowest BCUT2D eigenvalue weighted by molar-refractivity contribution is 0.302. The SMILES string of the molecule is O=c1c2c3c(sc2[nH]c(=S)n1C1CCC1)CCC3. The number of rotatable bonds is 1. The molecule has 0 amide bonds. The zero-order valence-corrected chi connectivity index (χ0v) is 11.6. The van der Waals surface area contributed by atoms with E-state index in [9.17, 15) is 4.79 Å². The van der Waals surface area contributed by atoms with Gasteiger partial charge in [0.05, 0.1) is 5.39 Å². The molecule has 1 saturated carbocycles. The highest BCUT2D eigenvalue weighted by Crippen LogP contribution is 2.36. The molecule has 3 nitrogen and oxygen atoms in total. The Morgan fingerprint density at radius 2 is 2.11 bits per heavy atom. The van der Waals surface area contributed by atoms with E-state index >= 15 is 0 Å². The van der Waals surface area contributed by atoms with Crippen LogP contribution in [0.2, 0.25) is 0 Å². The number of aryl methyl sites for hydroxylation is 2. The van der Waals surface area contributed by atoms with Crippen LogP contribution >= 0.6 is 23.6 Å². The van der Waals surface area contributed by atoms with Crippen LogP contribution in [0.25, 0.3) is 10.2 Å². The molecule has 2 heterocycles. The Bertz CT molecular complexity index is 749. The number of hydrogen-bond donors (Lipinski definition) is 1. The van der Waals surface area contributed by atoms with Crippen molar-refractivity contribution in [1.82, 2.24) is 9.55 Å². The third kappa shape index (κ3) is 1.34. The van der Waals surface area contributed by atoms with E-state index in [0.29, 0.717) is 10.8 Å². The minimum atomic E-state index is 0.151. The van der Waals surface area contributed by atoms with Crippen molar-refractivity contribution in [2.75, 3.05) is 0 Å². The van der Waals surface area contributed by atoms with Gasteiger partial charge >= 0.3 is 0 Å². The maximum atomic E-state index is 12.7. The number of H-pyrrole nitrogens is 1. The summed E-state index contributed by atoms with van der Waals surface area (Å²) in [6.45, 7) is 0. The molecule has 0 aromatic carbocycles. The minimum Gasteiger partial charge on any atom is -0.323 e. The smallest absolute Gasteiger partial charge is 0.263 e. The highest BCUT2D eigenvalue weighted by atomic mass is 32.1. The van der Waals surface area contributed by atoms with E-state index < -0.39 is 0 Å². The molecule has 5 heteroatoms. The summed E-state index contributed by atoms with van der Waals surface area (Å²) in [4.78, 5) is 18.3. The van der Waals surface area contributed by atoms with Gasteiger partial charge in [0.1, 0.15) is 4.83 Å². The summed E-state index contributed by atoms with van der Waals surface area (Å²) < 4.78 is 2.43. The average molecular weight is 278 g/mol. The lowest BCUT2D eigenvalue weighted by Crippen LogP contribution is -2.30. The molecule has 94 valence electrons. The second-order valence-electron chi connectivity index (χ2n) is 5.25. The summed E-state index contributed by atoms with van der Waals surface area (Å²) in [5, 5.41) is 0.924. The summed E-state index contributed by atoms with van der Waals surface area (Å²) in [7, 11) is 0. The van der Waals surface area contributed by atoms with Crippen molar-refractivity contribution in [3.8, 4) is 0 Å². The highest BCUT2D eigenvalue weighted by molar-refractivity contribution is 7.71. The van der Waals surface area contributed by atoms with Crippen LogP contribution < -0.4 is 5.56 Å². The molecular weight excluding hydrogens is 264 g/mol. The topological polar surface area (TPSA) is 37.8 Å². The second kappa shape index (κ2) is 3.78. The fraction of sp³-hybridized carbons (Fsp3) is 0.538. The summed E-state index contributed by atoms with van der Waals surface area (Å²) in [6.07, 6.45) is 6.77. The van der Waals surface area contributed by atoms with E-state index in [0.717, 1.165) is 35.9 Å². The van der Waals surface area contributed by atoms with Crippen LogP contribution in [0.5, 0.6) is 0 Å². The van der Waals surface area contributed by atoms with E-state index in [-0.39, 0.29) is 5.56 Å². The van der Waals surface area contributed by atoms with Crippen molar-refractivity contribution < 1.29 is 0 Å². The van der Waals surface area contributed by atoms with Gasteiger partial charge in [-0.25, -0.2) is 0 Å². The van der Waals surface area contributed by atoms with Gasteiger partial charge < -0.3 is 4.98 Å².